The predicted molar refractivity (Wildman–Crippen MR) is 379 cm³/mol. The summed E-state index contributed by atoms with van der Waals surface area (Å²) in [5, 5.41) is 5.01. The van der Waals surface area contributed by atoms with Crippen LogP contribution in [0.15, 0.2) is 300 Å². The van der Waals surface area contributed by atoms with Crippen molar-refractivity contribution in [1.82, 2.24) is 9.13 Å². The summed E-state index contributed by atoms with van der Waals surface area (Å²) >= 11 is 9.62. The summed E-state index contributed by atoms with van der Waals surface area (Å²) in [6, 6.07) is 103. The Morgan fingerprint density at radius 3 is 1.22 bits per heavy atom. The highest BCUT2D eigenvalue weighted by Gasteiger charge is 2.51. The first-order valence-electron chi connectivity index (χ1n) is 29.0. The van der Waals surface area contributed by atoms with Gasteiger partial charge in [-0.15, -0.1) is 0 Å². The van der Waals surface area contributed by atoms with Gasteiger partial charge in [0.05, 0.1) is 33.3 Å². The lowest BCUT2D eigenvalue weighted by molar-refractivity contribution is 0.00578. The smallest absolute Gasteiger partial charge is 0.399 e. The zero-order valence-electron chi connectivity index (χ0n) is 48.1. The molecule has 0 aliphatic carbocycles. The minimum atomic E-state index is -0.364. The molecule has 418 valence electrons. The molecule has 1 aliphatic heterocycles. The van der Waals surface area contributed by atoms with Crippen molar-refractivity contribution in [3.05, 3.63) is 304 Å². The van der Waals surface area contributed by atoms with Crippen LogP contribution in [0.5, 0.6) is 0 Å². The minimum absolute atomic E-state index is 0.348. The van der Waals surface area contributed by atoms with Crippen molar-refractivity contribution in [3.63, 3.8) is 0 Å². The molecule has 86 heavy (non-hydrogen) atoms. The van der Waals surface area contributed by atoms with E-state index in [-0.39, 0.29) is 18.3 Å². The summed E-state index contributed by atoms with van der Waals surface area (Å²) in [4.78, 5) is 0. The SMILES string of the molecule is Brc1cccc(-c2ccc(-c3ccccc3)cc2-c2ccc3c4ccccc4n(-c4ccccc4)c3c2)c1.Brc1cccc(-c2ccc(-c3ccccc3)cc2I)c1.CC1(C)OB(c2ccc3c4ccccc4n(-c4ccccc4)c3c2)OC1(C)C. The Bertz CT molecular complexity index is 4740. The standard InChI is InChI=1S/C36H24BrN.C24H24BNO2.C18H12BrI/c37-29-13-9-12-27(22-29)31-20-18-26(25-10-3-1-4-11-25)23-34(31)28-19-21-33-32-16-7-8-17-35(32)38(36(33)24-28)30-14-5-2-6-15-30;1-23(2)24(3,4)28-25(27-23)17-14-15-20-19-12-8-9-13-21(19)26(22(20)16-17)18-10-6-5-7-11-18;19-16-8-4-7-15(11-16)17-10-9-14(12-18(17)20)13-5-2-1-3-6-13/h1-24H;5-16H,1-4H3;1-12H. The minimum Gasteiger partial charge on any atom is -0.399 e. The number of aromatic nitrogens is 2. The Balaban J connectivity index is 0.000000126. The molecule has 0 bridgehead atoms. The number of para-hydroxylation sites is 4. The fraction of sp³-hybridized carbons (Fsp3) is 0.0769. The molecular weight excluding hydrogens is 1290 g/mol. The Morgan fingerprint density at radius 1 is 0.314 bits per heavy atom. The molecule has 0 N–H and O–H groups in total. The molecule has 4 nitrogen and oxygen atoms in total. The number of halogens is 3. The quantitative estimate of drug-likeness (QED) is 0.112. The lowest BCUT2D eigenvalue weighted by Gasteiger charge is -2.32. The molecule has 1 aliphatic rings. The molecular formula is C78H60BBr2IN2O2. The average Bonchev–Trinajstić information content (AvgIpc) is 1.87. The van der Waals surface area contributed by atoms with Gasteiger partial charge in [-0.05, 0) is 196 Å². The average molecular weight is 1350 g/mol. The van der Waals surface area contributed by atoms with Gasteiger partial charge in [0.1, 0.15) is 0 Å². The topological polar surface area (TPSA) is 28.3 Å². The molecule has 2 aromatic heterocycles. The van der Waals surface area contributed by atoms with Crippen LogP contribution in [0, 0.1) is 3.57 Å². The highest BCUT2D eigenvalue weighted by Crippen LogP contribution is 2.42. The van der Waals surface area contributed by atoms with Crippen LogP contribution < -0.4 is 5.46 Å². The molecule has 14 aromatic rings. The Labute approximate surface area is 534 Å². The second-order valence-electron chi connectivity index (χ2n) is 22.7. The van der Waals surface area contributed by atoms with Crippen LogP contribution in [0.2, 0.25) is 0 Å². The predicted octanol–water partition coefficient (Wildman–Crippen LogP) is 22.0. The number of nitrogens with zero attached hydrogens (tertiary/aromatic N) is 2. The van der Waals surface area contributed by atoms with E-state index in [1.54, 1.807) is 0 Å². The number of benzene rings is 12. The van der Waals surface area contributed by atoms with E-state index in [1.807, 2.05) is 12.1 Å². The number of hydrogen-bond donors (Lipinski definition) is 0. The van der Waals surface area contributed by atoms with E-state index >= 15 is 0 Å². The second-order valence-corrected chi connectivity index (χ2v) is 25.7. The van der Waals surface area contributed by atoms with E-state index in [0.717, 1.165) is 20.1 Å². The molecule has 0 amide bonds. The fourth-order valence-corrected chi connectivity index (χ4v) is 13.3. The summed E-state index contributed by atoms with van der Waals surface area (Å²) in [6.45, 7) is 8.36. The first kappa shape index (κ1) is 57.0. The zero-order valence-corrected chi connectivity index (χ0v) is 53.5. The molecule has 1 saturated heterocycles. The van der Waals surface area contributed by atoms with Gasteiger partial charge in [0, 0.05) is 45.4 Å². The first-order chi connectivity index (χ1) is 41.9. The molecule has 0 atom stereocenters. The van der Waals surface area contributed by atoms with E-state index in [4.69, 9.17) is 9.31 Å². The first-order valence-corrected chi connectivity index (χ1v) is 31.6. The molecule has 15 rings (SSSR count). The maximum absolute atomic E-state index is 6.29. The Kier molecular flexibility index (Phi) is 16.1. The molecule has 8 heteroatoms. The van der Waals surface area contributed by atoms with Crippen molar-refractivity contribution in [2.75, 3.05) is 0 Å². The largest absolute Gasteiger partial charge is 0.494 e. The second kappa shape index (κ2) is 24.4. The third-order valence-corrected chi connectivity index (χ3v) is 18.6. The number of hydrogen-bond acceptors (Lipinski definition) is 2. The van der Waals surface area contributed by atoms with Crippen LogP contribution in [-0.4, -0.2) is 27.5 Å². The van der Waals surface area contributed by atoms with Gasteiger partial charge in [-0.25, -0.2) is 0 Å². The molecule has 0 radical (unpaired) electrons. The highest BCUT2D eigenvalue weighted by atomic mass is 127. The van der Waals surface area contributed by atoms with Gasteiger partial charge in [-0.2, -0.15) is 0 Å². The van der Waals surface area contributed by atoms with E-state index in [9.17, 15) is 0 Å². The Hall–Kier alpha value is -8.09. The van der Waals surface area contributed by atoms with Gasteiger partial charge in [0.2, 0.25) is 0 Å². The van der Waals surface area contributed by atoms with Gasteiger partial charge in [-0.1, -0.05) is 238 Å². The van der Waals surface area contributed by atoms with E-state index in [2.05, 4.69) is 370 Å². The highest BCUT2D eigenvalue weighted by molar-refractivity contribution is 14.1. The van der Waals surface area contributed by atoms with Gasteiger partial charge >= 0.3 is 7.12 Å². The van der Waals surface area contributed by atoms with E-state index in [0.29, 0.717) is 0 Å². The summed E-state index contributed by atoms with van der Waals surface area (Å²) in [7, 11) is -0.364. The molecule has 0 spiro atoms. The van der Waals surface area contributed by atoms with Gasteiger partial charge in [-0.3, -0.25) is 0 Å². The molecule has 3 heterocycles. The molecule has 0 saturated carbocycles. The molecule has 12 aromatic carbocycles. The lowest BCUT2D eigenvalue weighted by atomic mass is 9.79. The van der Waals surface area contributed by atoms with Crippen LogP contribution in [0.3, 0.4) is 0 Å². The van der Waals surface area contributed by atoms with E-state index in [1.165, 1.54) is 109 Å². The van der Waals surface area contributed by atoms with Crippen LogP contribution in [-0.2, 0) is 9.31 Å². The third kappa shape index (κ3) is 11.4. The van der Waals surface area contributed by atoms with Gasteiger partial charge < -0.3 is 18.4 Å². The fourth-order valence-electron chi connectivity index (χ4n) is 11.7. The third-order valence-electron chi connectivity index (χ3n) is 16.7. The lowest BCUT2D eigenvalue weighted by Crippen LogP contribution is -2.41. The van der Waals surface area contributed by atoms with Crippen molar-refractivity contribution in [3.8, 4) is 67.0 Å². The van der Waals surface area contributed by atoms with Crippen molar-refractivity contribution < 1.29 is 9.31 Å². The van der Waals surface area contributed by atoms with Gasteiger partial charge in [0.15, 0.2) is 0 Å². The van der Waals surface area contributed by atoms with Crippen molar-refractivity contribution in [1.29, 1.82) is 0 Å². The van der Waals surface area contributed by atoms with Crippen LogP contribution in [0.25, 0.3) is 111 Å². The Morgan fingerprint density at radius 2 is 0.709 bits per heavy atom. The van der Waals surface area contributed by atoms with Crippen LogP contribution in [0.4, 0.5) is 0 Å². The summed E-state index contributed by atoms with van der Waals surface area (Å²) in [5.74, 6) is 0. The molecule has 0 unspecified atom stereocenters. The number of rotatable bonds is 8. The van der Waals surface area contributed by atoms with Crippen molar-refractivity contribution in [2.45, 2.75) is 38.9 Å². The van der Waals surface area contributed by atoms with Crippen LogP contribution >= 0.6 is 54.5 Å². The maximum atomic E-state index is 6.29. The van der Waals surface area contributed by atoms with Crippen LogP contribution in [0.1, 0.15) is 27.7 Å². The maximum Gasteiger partial charge on any atom is 0.494 e. The van der Waals surface area contributed by atoms with E-state index < -0.39 is 0 Å². The van der Waals surface area contributed by atoms with Crippen molar-refractivity contribution >= 4 is 111 Å². The normalized spacial score (nSPS) is 13.4. The number of fused-ring (bicyclic) bond motifs is 6. The summed E-state index contributed by atoms with van der Waals surface area (Å²) < 4.78 is 20.7. The summed E-state index contributed by atoms with van der Waals surface area (Å²) in [5.41, 5.74) is 19.7. The zero-order chi connectivity index (χ0) is 58.9. The van der Waals surface area contributed by atoms with Gasteiger partial charge in [0.25, 0.3) is 0 Å². The monoisotopic (exact) mass is 1350 g/mol. The molecule has 1 fully saturated rings. The summed E-state index contributed by atoms with van der Waals surface area (Å²) in [6.07, 6.45) is 0. The van der Waals surface area contributed by atoms with Crippen molar-refractivity contribution in [2.24, 2.45) is 0 Å².